The number of para-hydroxylation sites is 1. The summed E-state index contributed by atoms with van der Waals surface area (Å²) in [6, 6.07) is 28.1. The maximum absolute atomic E-state index is 13.6. The van der Waals surface area contributed by atoms with Gasteiger partial charge in [0.05, 0.1) is 11.6 Å². The van der Waals surface area contributed by atoms with Crippen molar-refractivity contribution in [2.45, 2.75) is 30.9 Å². The zero-order valence-electron chi connectivity index (χ0n) is 15.4. The van der Waals surface area contributed by atoms with Gasteiger partial charge in [-0.15, -0.1) is 0 Å². The number of rotatable bonds is 2. The van der Waals surface area contributed by atoms with Gasteiger partial charge in [0.25, 0.3) is 0 Å². The Labute approximate surface area is 159 Å². The van der Waals surface area contributed by atoms with Gasteiger partial charge in [0, 0.05) is 5.56 Å². The second-order valence-corrected chi connectivity index (χ2v) is 7.69. The summed E-state index contributed by atoms with van der Waals surface area (Å²) in [5.74, 6) is 0.0166. The smallest absolute Gasteiger partial charge is 0.191 e. The van der Waals surface area contributed by atoms with Gasteiger partial charge < -0.3 is 0 Å². The van der Waals surface area contributed by atoms with Gasteiger partial charge >= 0.3 is 0 Å². The number of ketones is 1. The fourth-order valence-electron chi connectivity index (χ4n) is 4.91. The number of nitrogens with zero attached hydrogens (tertiary/aromatic N) is 1. The van der Waals surface area contributed by atoms with E-state index in [9.17, 15) is 4.79 Å². The molecule has 3 atom stereocenters. The van der Waals surface area contributed by atoms with Gasteiger partial charge in [-0.2, -0.15) is 0 Å². The summed E-state index contributed by atoms with van der Waals surface area (Å²) < 4.78 is 0. The van der Waals surface area contributed by atoms with Crippen molar-refractivity contribution >= 4 is 11.5 Å². The number of carbonyl (C=O) groups is 1. The molecule has 1 heterocycles. The molecule has 0 spiro atoms. The molecular formula is C24H21NO2. The number of hydrogen-bond acceptors (Lipinski definition) is 3. The highest BCUT2D eigenvalue weighted by molar-refractivity contribution is 6.11. The molecule has 3 aromatic rings. The maximum atomic E-state index is 13.6. The number of hydrogen-bond donors (Lipinski definition) is 0. The zero-order chi connectivity index (χ0) is 18.6. The van der Waals surface area contributed by atoms with E-state index in [1.807, 2.05) is 78.7 Å². The Morgan fingerprint density at radius 1 is 0.815 bits per heavy atom. The minimum atomic E-state index is -0.796. The van der Waals surface area contributed by atoms with Crippen LogP contribution in [0.3, 0.4) is 0 Å². The normalized spacial score (nSPS) is 28.9. The summed E-state index contributed by atoms with van der Waals surface area (Å²) in [6.45, 7) is 4.12. The summed E-state index contributed by atoms with van der Waals surface area (Å²) in [5, 5.41) is 1.84. The Balaban J connectivity index is 1.77. The molecule has 1 fully saturated rings. The van der Waals surface area contributed by atoms with Crippen LogP contribution in [-0.4, -0.2) is 11.3 Å². The molecule has 3 heteroatoms. The highest BCUT2D eigenvalue weighted by atomic mass is 16.7. The molecule has 0 amide bonds. The molecule has 27 heavy (non-hydrogen) atoms. The Morgan fingerprint density at radius 3 is 2.11 bits per heavy atom. The molecule has 2 aliphatic rings. The van der Waals surface area contributed by atoms with E-state index in [1.54, 1.807) is 0 Å². The molecule has 3 nitrogen and oxygen atoms in total. The topological polar surface area (TPSA) is 29.5 Å². The highest BCUT2D eigenvalue weighted by Crippen LogP contribution is 2.61. The molecule has 0 N–H and O–H groups in total. The van der Waals surface area contributed by atoms with Gasteiger partial charge in [0.15, 0.2) is 5.78 Å². The van der Waals surface area contributed by atoms with E-state index in [2.05, 4.69) is 25.1 Å². The molecule has 0 aromatic heterocycles. The van der Waals surface area contributed by atoms with E-state index in [0.717, 1.165) is 22.4 Å². The molecule has 0 bridgehead atoms. The molecular weight excluding hydrogens is 334 g/mol. The third-order valence-electron chi connectivity index (χ3n) is 6.13. The maximum Gasteiger partial charge on any atom is 0.191 e. The van der Waals surface area contributed by atoms with Crippen LogP contribution in [0.1, 0.15) is 41.3 Å². The summed E-state index contributed by atoms with van der Waals surface area (Å²) in [7, 11) is 0. The van der Waals surface area contributed by atoms with Crippen LogP contribution in [0.4, 0.5) is 5.69 Å². The molecule has 0 radical (unpaired) electrons. The lowest BCUT2D eigenvalue weighted by molar-refractivity contribution is -0.0126. The lowest BCUT2D eigenvalue weighted by Gasteiger charge is -2.32. The molecule has 0 saturated carbocycles. The number of fused-ring (bicyclic) bond motifs is 3. The molecule has 1 unspecified atom stereocenters. The lowest BCUT2D eigenvalue weighted by atomic mass is 9.72. The van der Waals surface area contributed by atoms with E-state index >= 15 is 0 Å². The minimum absolute atomic E-state index is 0.101. The van der Waals surface area contributed by atoms with Crippen LogP contribution >= 0.6 is 0 Å². The van der Waals surface area contributed by atoms with Crippen molar-refractivity contribution in [1.29, 1.82) is 0 Å². The monoisotopic (exact) mass is 355 g/mol. The highest BCUT2D eigenvalue weighted by Gasteiger charge is 2.67. The number of carbonyl (C=O) groups excluding carboxylic acids is 1. The summed E-state index contributed by atoms with van der Waals surface area (Å²) in [5.41, 5.74) is 2.39. The Hall–Kier alpha value is -2.91. The first kappa shape index (κ1) is 16.3. The molecule has 1 aliphatic heterocycles. The van der Waals surface area contributed by atoms with Crippen molar-refractivity contribution in [2.24, 2.45) is 0 Å². The second kappa shape index (κ2) is 5.54. The third-order valence-corrected chi connectivity index (χ3v) is 6.13. The predicted molar refractivity (Wildman–Crippen MR) is 106 cm³/mol. The predicted octanol–water partition coefficient (Wildman–Crippen LogP) is 5.09. The zero-order valence-corrected chi connectivity index (χ0v) is 15.4. The van der Waals surface area contributed by atoms with E-state index < -0.39 is 11.1 Å². The van der Waals surface area contributed by atoms with Gasteiger partial charge in [0.2, 0.25) is 0 Å². The molecule has 1 aliphatic carbocycles. The standard InChI is InChI=1S/C24H21NO2/c1-23-21(19-15-9-10-16-20(19)22(23)26)24(2,17-11-5-3-6-12-17)27-25(23)18-13-7-4-8-14-18/h3-16,21H,1-2H3/t21-,23-,24?/m0/s1. The molecule has 1 saturated heterocycles. The van der Waals surface area contributed by atoms with Gasteiger partial charge in [0.1, 0.15) is 11.1 Å². The quantitative estimate of drug-likeness (QED) is 0.641. The van der Waals surface area contributed by atoms with E-state index in [-0.39, 0.29) is 11.7 Å². The summed E-state index contributed by atoms with van der Waals surface area (Å²) >= 11 is 0. The Bertz CT molecular complexity index is 1020. The Kier molecular flexibility index (Phi) is 3.34. The van der Waals surface area contributed by atoms with Crippen LogP contribution in [0.5, 0.6) is 0 Å². The van der Waals surface area contributed by atoms with Crippen molar-refractivity contribution in [3.8, 4) is 0 Å². The van der Waals surface area contributed by atoms with Gasteiger partial charge in [-0.3, -0.25) is 9.63 Å². The average molecular weight is 355 g/mol. The van der Waals surface area contributed by atoms with Crippen molar-refractivity contribution in [3.05, 3.63) is 102 Å². The number of hydroxylamine groups is 1. The first-order valence-electron chi connectivity index (χ1n) is 9.30. The molecule has 3 aromatic carbocycles. The first-order chi connectivity index (χ1) is 13.1. The number of benzene rings is 3. The van der Waals surface area contributed by atoms with E-state index in [1.165, 1.54) is 0 Å². The summed E-state index contributed by atoms with van der Waals surface area (Å²) in [6.07, 6.45) is 0. The van der Waals surface area contributed by atoms with Crippen molar-refractivity contribution in [1.82, 2.24) is 0 Å². The van der Waals surface area contributed by atoms with Crippen LogP contribution in [0.15, 0.2) is 84.9 Å². The largest absolute Gasteiger partial charge is 0.291 e. The second-order valence-electron chi connectivity index (χ2n) is 7.69. The number of Topliss-reactive ketones (excluding diaryl/α,β-unsaturated/α-hetero) is 1. The van der Waals surface area contributed by atoms with Gasteiger partial charge in [-0.1, -0.05) is 72.8 Å². The minimum Gasteiger partial charge on any atom is -0.291 e. The van der Waals surface area contributed by atoms with Crippen molar-refractivity contribution < 1.29 is 9.63 Å². The first-order valence-corrected chi connectivity index (χ1v) is 9.30. The van der Waals surface area contributed by atoms with Gasteiger partial charge in [-0.05, 0) is 37.1 Å². The lowest BCUT2D eigenvalue weighted by Crippen LogP contribution is -2.47. The molecule has 134 valence electrons. The third kappa shape index (κ3) is 2.03. The van der Waals surface area contributed by atoms with Crippen molar-refractivity contribution in [3.63, 3.8) is 0 Å². The summed E-state index contributed by atoms with van der Waals surface area (Å²) in [4.78, 5) is 20.2. The van der Waals surface area contributed by atoms with Crippen LogP contribution in [0.25, 0.3) is 0 Å². The number of anilines is 1. The van der Waals surface area contributed by atoms with Crippen molar-refractivity contribution in [2.75, 3.05) is 5.06 Å². The van der Waals surface area contributed by atoms with Crippen LogP contribution in [0.2, 0.25) is 0 Å². The SMILES string of the molecule is CC1(c2ccccc2)ON(c2ccccc2)[C@]2(C)C(=O)c3ccccc3[C@H]12. The van der Waals surface area contributed by atoms with E-state index in [0.29, 0.717) is 0 Å². The van der Waals surface area contributed by atoms with Gasteiger partial charge in [-0.25, -0.2) is 5.06 Å². The van der Waals surface area contributed by atoms with Crippen LogP contribution < -0.4 is 5.06 Å². The average Bonchev–Trinajstić information content (AvgIpc) is 3.11. The fourth-order valence-corrected chi connectivity index (χ4v) is 4.91. The Morgan fingerprint density at radius 2 is 1.41 bits per heavy atom. The van der Waals surface area contributed by atoms with Crippen LogP contribution in [-0.2, 0) is 10.4 Å². The fraction of sp³-hybridized carbons (Fsp3) is 0.208. The van der Waals surface area contributed by atoms with E-state index in [4.69, 9.17) is 4.84 Å². The van der Waals surface area contributed by atoms with Crippen LogP contribution in [0, 0.1) is 0 Å². The molecule has 5 rings (SSSR count).